The summed E-state index contributed by atoms with van der Waals surface area (Å²) in [7, 11) is 0. The van der Waals surface area contributed by atoms with Gasteiger partial charge in [-0.2, -0.15) is 0 Å². The average molecular weight is 265 g/mol. The van der Waals surface area contributed by atoms with Gasteiger partial charge in [0.25, 0.3) is 0 Å². The molecule has 0 fully saturated rings. The number of hydrogen-bond donors (Lipinski definition) is 1. The van der Waals surface area contributed by atoms with Gasteiger partial charge in [-0.15, -0.1) is 0 Å². The van der Waals surface area contributed by atoms with E-state index >= 15 is 0 Å². The monoisotopic (exact) mass is 265 g/mol. The minimum atomic E-state index is -0.906. The fraction of sp³-hybridized carbons (Fsp3) is 0.200. The first-order valence-corrected chi connectivity index (χ1v) is 6.06. The van der Waals surface area contributed by atoms with Crippen LogP contribution in [0.4, 0.5) is 13.2 Å². The summed E-state index contributed by atoms with van der Waals surface area (Å²) in [5.41, 5.74) is 1.95. The molecule has 100 valence electrons. The van der Waals surface area contributed by atoms with Crippen LogP contribution >= 0.6 is 0 Å². The quantitative estimate of drug-likeness (QED) is 0.884. The molecule has 0 saturated heterocycles. The molecule has 0 aliphatic carbocycles. The Kier molecular flexibility index (Phi) is 4.22. The van der Waals surface area contributed by atoms with E-state index in [1.54, 1.807) is 6.07 Å². The number of hydrogen-bond acceptors (Lipinski definition) is 1. The van der Waals surface area contributed by atoms with Crippen LogP contribution in [-0.4, -0.2) is 6.54 Å². The summed E-state index contributed by atoms with van der Waals surface area (Å²) in [6.07, 6.45) is 0. The van der Waals surface area contributed by atoms with Gasteiger partial charge in [0.15, 0.2) is 11.6 Å². The maximum atomic E-state index is 13.3. The summed E-state index contributed by atoms with van der Waals surface area (Å²) in [4.78, 5) is 0. The lowest BCUT2D eigenvalue weighted by Crippen LogP contribution is -2.12. The van der Waals surface area contributed by atoms with Crippen molar-refractivity contribution in [3.8, 4) is 11.1 Å². The normalized spacial score (nSPS) is 10.7. The third-order valence-electron chi connectivity index (χ3n) is 2.86. The lowest BCUT2D eigenvalue weighted by atomic mass is 9.99. The van der Waals surface area contributed by atoms with E-state index in [1.807, 2.05) is 6.92 Å². The van der Waals surface area contributed by atoms with Crippen LogP contribution in [0.3, 0.4) is 0 Å². The van der Waals surface area contributed by atoms with E-state index in [1.165, 1.54) is 18.2 Å². The number of halogens is 3. The molecule has 19 heavy (non-hydrogen) atoms. The second kappa shape index (κ2) is 5.89. The largest absolute Gasteiger partial charge is 0.313 e. The molecule has 0 atom stereocenters. The predicted molar refractivity (Wildman–Crippen MR) is 69.1 cm³/mol. The first-order valence-electron chi connectivity index (χ1n) is 6.06. The van der Waals surface area contributed by atoms with Crippen LogP contribution in [0.25, 0.3) is 11.1 Å². The summed E-state index contributed by atoms with van der Waals surface area (Å²) in [5, 5.41) is 3.09. The molecule has 0 aromatic heterocycles. The first kappa shape index (κ1) is 13.6. The average Bonchev–Trinajstić information content (AvgIpc) is 2.40. The number of rotatable bonds is 4. The first-order chi connectivity index (χ1) is 9.11. The Hall–Kier alpha value is -1.81. The van der Waals surface area contributed by atoms with Gasteiger partial charge in [-0.3, -0.25) is 0 Å². The van der Waals surface area contributed by atoms with E-state index in [0.717, 1.165) is 18.7 Å². The van der Waals surface area contributed by atoms with E-state index in [-0.39, 0.29) is 5.82 Å². The zero-order valence-corrected chi connectivity index (χ0v) is 10.5. The van der Waals surface area contributed by atoms with Crippen LogP contribution in [0.1, 0.15) is 12.5 Å². The molecule has 1 N–H and O–H groups in total. The van der Waals surface area contributed by atoms with Gasteiger partial charge in [0.2, 0.25) is 0 Å². The highest BCUT2D eigenvalue weighted by atomic mass is 19.2. The Bertz CT molecular complexity index is 582. The van der Waals surface area contributed by atoms with E-state index in [4.69, 9.17) is 0 Å². The molecule has 2 aromatic carbocycles. The number of nitrogens with one attached hydrogen (secondary N) is 1. The number of benzene rings is 2. The van der Waals surface area contributed by atoms with Gasteiger partial charge in [-0.25, -0.2) is 13.2 Å². The molecular weight excluding hydrogens is 251 g/mol. The summed E-state index contributed by atoms with van der Waals surface area (Å²) in [6, 6.07) is 7.98. The topological polar surface area (TPSA) is 12.0 Å². The van der Waals surface area contributed by atoms with Gasteiger partial charge in [-0.1, -0.05) is 19.1 Å². The van der Waals surface area contributed by atoms with Crippen molar-refractivity contribution in [1.29, 1.82) is 0 Å². The van der Waals surface area contributed by atoms with Crippen molar-refractivity contribution in [2.24, 2.45) is 0 Å². The molecular formula is C15H14F3N. The van der Waals surface area contributed by atoms with Gasteiger partial charge in [0.05, 0.1) is 0 Å². The van der Waals surface area contributed by atoms with Crippen molar-refractivity contribution >= 4 is 0 Å². The molecule has 0 radical (unpaired) electrons. The molecule has 1 nitrogen and oxygen atoms in total. The second-order valence-corrected chi connectivity index (χ2v) is 4.21. The van der Waals surface area contributed by atoms with Crippen LogP contribution in [-0.2, 0) is 6.54 Å². The Morgan fingerprint density at radius 3 is 2.42 bits per heavy atom. The maximum Gasteiger partial charge on any atom is 0.159 e. The standard InChI is InChI=1S/C15H14F3N/c1-2-19-9-11-7-12(16)4-5-13(11)10-3-6-14(17)15(18)8-10/h3-8,19H,2,9H2,1H3. The molecule has 0 aliphatic rings. The van der Waals surface area contributed by atoms with Gasteiger partial charge in [0, 0.05) is 6.54 Å². The molecule has 0 unspecified atom stereocenters. The van der Waals surface area contributed by atoms with Crippen molar-refractivity contribution in [3.05, 3.63) is 59.4 Å². The highest BCUT2D eigenvalue weighted by Gasteiger charge is 2.09. The molecule has 2 rings (SSSR count). The molecule has 2 aromatic rings. The van der Waals surface area contributed by atoms with E-state index in [0.29, 0.717) is 23.2 Å². The van der Waals surface area contributed by atoms with Gasteiger partial charge in [0.1, 0.15) is 5.82 Å². The zero-order valence-electron chi connectivity index (χ0n) is 10.5. The van der Waals surface area contributed by atoms with E-state index in [9.17, 15) is 13.2 Å². The Morgan fingerprint density at radius 2 is 1.74 bits per heavy atom. The molecule has 0 saturated carbocycles. The molecule has 0 spiro atoms. The van der Waals surface area contributed by atoms with Crippen molar-refractivity contribution in [2.45, 2.75) is 13.5 Å². The maximum absolute atomic E-state index is 13.3. The predicted octanol–water partition coefficient (Wildman–Crippen LogP) is 3.88. The van der Waals surface area contributed by atoms with Crippen molar-refractivity contribution < 1.29 is 13.2 Å². The SMILES string of the molecule is CCNCc1cc(F)ccc1-c1ccc(F)c(F)c1. The minimum Gasteiger partial charge on any atom is -0.313 e. The zero-order chi connectivity index (χ0) is 13.8. The molecule has 4 heteroatoms. The highest BCUT2D eigenvalue weighted by molar-refractivity contribution is 5.67. The van der Waals surface area contributed by atoms with Crippen molar-refractivity contribution in [1.82, 2.24) is 5.32 Å². The minimum absolute atomic E-state index is 0.348. The molecule has 0 amide bonds. The fourth-order valence-electron chi connectivity index (χ4n) is 1.91. The molecule has 0 aliphatic heterocycles. The summed E-state index contributed by atoms with van der Waals surface area (Å²) in [6.45, 7) is 3.16. The van der Waals surface area contributed by atoms with Crippen molar-refractivity contribution in [2.75, 3.05) is 6.54 Å². The van der Waals surface area contributed by atoms with E-state index < -0.39 is 11.6 Å². The summed E-state index contributed by atoms with van der Waals surface area (Å²) in [5.74, 6) is -2.14. The second-order valence-electron chi connectivity index (χ2n) is 4.21. The Labute approximate surface area is 110 Å². The van der Waals surface area contributed by atoms with Gasteiger partial charge >= 0.3 is 0 Å². The van der Waals surface area contributed by atoms with Crippen LogP contribution in [0.15, 0.2) is 36.4 Å². The van der Waals surface area contributed by atoms with Crippen molar-refractivity contribution in [3.63, 3.8) is 0 Å². The lowest BCUT2D eigenvalue weighted by molar-refractivity contribution is 0.509. The highest BCUT2D eigenvalue weighted by Crippen LogP contribution is 2.26. The lowest BCUT2D eigenvalue weighted by Gasteiger charge is -2.11. The summed E-state index contributed by atoms with van der Waals surface area (Å²) < 4.78 is 39.5. The van der Waals surface area contributed by atoms with Crippen LogP contribution in [0, 0.1) is 17.5 Å². The molecule has 0 bridgehead atoms. The van der Waals surface area contributed by atoms with Crippen LogP contribution in [0.2, 0.25) is 0 Å². The summed E-state index contributed by atoms with van der Waals surface area (Å²) >= 11 is 0. The Morgan fingerprint density at radius 1 is 0.947 bits per heavy atom. The fourth-order valence-corrected chi connectivity index (χ4v) is 1.91. The van der Waals surface area contributed by atoms with Crippen LogP contribution < -0.4 is 5.32 Å². The van der Waals surface area contributed by atoms with Gasteiger partial charge < -0.3 is 5.32 Å². The molecule has 0 heterocycles. The smallest absolute Gasteiger partial charge is 0.159 e. The Balaban J connectivity index is 2.45. The third kappa shape index (κ3) is 3.15. The third-order valence-corrected chi connectivity index (χ3v) is 2.86. The van der Waals surface area contributed by atoms with Gasteiger partial charge in [-0.05, 0) is 47.5 Å². The van der Waals surface area contributed by atoms with Crippen LogP contribution in [0.5, 0.6) is 0 Å². The van der Waals surface area contributed by atoms with E-state index in [2.05, 4.69) is 5.32 Å².